The molecule has 0 N–H and O–H groups in total. The highest BCUT2D eigenvalue weighted by Crippen LogP contribution is 2.21. The number of nitrogens with zero attached hydrogens (tertiary/aromatic N) is 3. The molecule has 0 aromatic rings. The van der Waals surface area contributed by atoms with Crippen molar-refractivity contribution in [1.29, 1.82) is 0 Å². The van der Waals surface area contributed by atoms with E-state index in [-0.39, 0.29) is 17.9 Å². The van der Waals surface area contributed by atoms with Crippen LogP contribution in [0.1, 0.15) is 33.1 Å². The van der Waals surface area contributed by atoms with Gasteiger partial charge in [-0.3, -0.25) is 14.5 Å². The summed E-state index contributed by atoms with van der Waals surface area (Å²) >= 11 is 0. The number of rotatable bonds is 3. The Morgan fingerprint density at radius 1 is 1.00 bits per heavy atom. The molecule has 0 aromatic heterocycles. The van der Waals surface area contributed by atoms with E-state index in [1.165, 1.54) is 6.42 Å². The van der Waals surface area contributed by atoms with Crippen molar-refractivity contribution >= 4 is 11.8 Å². The molecular formula is C18H31N3O3. The lowest BCUT2D eigenvalue weighted by atomic mass is 9.92. The summed E-state index contributed by atoms with van der Waals surface area (Å²) in [4.78, 5) is 31.0. The minimum absolute atomic E-state index is 0.136. The van der Waals surface area contributed by atoms with Crippen LogP contribution < -0.4 is 0 Å². The molecule has 24 heavy (non-hydrogen) atoms. The van der Waals surface area contributed by atoms with Crippen molar-refractivity contribution in [2.75, 3.05) is 52.4 Å². The number of hydrogen-bond acceptors (Lipinski definition) is 4. The number of carbonyl (C=O) groups is 2. The number of amides is 2. The van der Waals surface area contributed by atoms with Gasteiger partial charge in [-0.15, -0.1) is 0 Å². The molecule has 3 aliphatic rings. The van der Waals surface area contributed by atoms with E-state index in [4.69, 9.17) is 4.74 Å². The van der Waals surface area contributed by atoms with Crippen LogP contribution in [0.4, 0.5) is 0 Å². The lowest BCUT2D eigenvalue weighted by Crippen LogP contribution is -2.54. The maximum atomic E-state index is 12.6. The molecule has 2 amide bonds. The first-order valence-electron chi connectivity index (χ1n) is 9.43. The van der Waals surface area contributed by atoms with Gasteiger partial charge in [-0.1, -0.05) is 13.8 Å². The van der Waals surface area contributed by atoms with Gasteiger partial charge in [-0.2, -0.15) is 0 Å². The van der Waals surface area contributed by atoms with Crippen LogP contribution in [0, 0.1) is 11.8 Å². The summed E-state index contributed by atoms with van der Waals surface area (Å²) in [6.45, 7) is 10.4. The third-order valence-electron chi connectivity index (χ3n) is 5.47. The molecule has 3 aliphatic heterocycles. The smallest absolute Gasteiger partial charge is 0.251 e. The quantitative estimate of drug-likeness (QED) is 0.765. The zero-order valence-corrected chi connectivity index (χ0v) is 15.1. The average molecular weight is 337 g/mol. The minimum Gasteiger partial charge on any atom is -0.368 e. The van der Waals surface area contributed by atoms with Gasteiger partial charge >= 0.3 is 0 Å². The molecule has 3 fully saturated rings. The molecule has 3 atom stereocenters. The molecule has 6 nitrogen and oxygen atoms in total. The van der Waals surface area contributed by atoms with Crippen LogP contribution in [0.25, 0.3) is 0 Å². The van der Waals surface area contributed by atoms with E-state index in [1.54, 1.807) is 0 Å². The lowest BCUT2D eigenvalue weighted by molar-refractivity contribution is -0.143. The fraction of sp³-hybridized carbons (Fsp3) is 0.889. The molecule has 136 valence electrons. The topological polar surface area (TPSA) is 53.1 Å². The molecule has 3 saturated heterocycles. The zero-order valence-electron chi connectivity index (χ0n) is 15.1. The Kier molecular flexibility index (Phi) is 5.76. The van der Waals surface area contributed by atoms with E-state index in [2.05, 4.69) is 18.7 Å². The van der Waals surface area contributed by atoms with E-state index in [0.717, 1.165) is 39.0 Å². The summed E-state index contributed by atoms with van der Waals surface area (Å²) < 4.78 is 5.49. The number of ether oxygens (including phenoxy) is 1. The summed E-state index contributed by atoms with van der Waals surface area (Å²) in [6, 6.07) is 0. The molecule has 0 radical (unpaired) electrons. The van der Waals surface area contributed by atoms with Crippen LogP contribution >= 0.6 is 0 Å². The molecule has 0 aromatic carbocycles. The highest BCUT2D eigenvalue weighted by atomic mass is 16.5. The summed E-state index contributed by atoms with van der Waals surface area (Å²) in [7, 11) is 0. The molecule has 0 bridgehead atoms. The van der Waals surface area contributed by atoms with Gasteiger partial charge in [0.2, 0.25) is 5.91 Å². The molecule has 3 unspecified atom stereocenters. The van der Waals surface area contributed by atoms with Gasteiger partial charge in [0.15, 0.2) is 0 Å². The molecule has 0 spiro atoms. The highest BCUT2D eigenvalue weighted by molar-refractivity contribution is 5.81. The molecule has 3 rings (SSSR count). The summed E-state index contributed by atoms with van der Waals surface area (Å²) in [5, 5.41) is 0. The molecular weight excluding hydrogens is 306 g/mol. The number of hydrogen-bond donors (Lipinski definition) is 0. The van der Waals surface area contributed by atoms with Crippen LogP contribution in [0.15, 0.2) is 0 Å². The summed E-state index contributed by atoms with van der Waals surface area (Å²) in [5.74, 6) is 1.57. The fourth-order valence-electron chi connectivity index (χ4n) is 4.26. The predicted octanol–water partition coefficient (Wildman–Crippen LogP) is 0.814. The molecule has 0 saturated carbocycles. The second-order valence-electron chi connectivity index (χ2n) is 7.85. The van der Waals surface area contributed by atoms with Crippen molar-refractivity contribution in [3.8, 4) is 0 Å². The zero-order chi connectivity index (χ0) is 17.1. The number of likely N-dealkylation sites (tertiary alicyclic amines) is 1. The van der Waals surface area contributed by atoms with Gasteiger partial charge in [0.05, 0.1) is 6.54 Å². The first-order chi connectivity index (χ1) is 11.5. The van der Waals surface area contributed by atoms with Crippen LogP contribution in [-0.4, -0.2) is 85.0 Å². The van der Waals surface area contributed by atoms with Crippen LogP contribution in [0.3, 0.4) is 0 Å². The van der Waals surface area contributed by atoms with E-state index in [1.807, 2.05) is 9.80 Å². The van der Waals surface area contributed by atoms with E-state index in [0.29, 0.717) is 38.1 Å². The van der Waals surface area contributed by atoms with Crippen molar-refractivity contribution in [2.45, 2.75) is 39.2 Å². The van der Waals surface area contributed by atoms with Crippen molar-refractivity contribution < 1.29 is 14.3 Å². The predicted molar refractivity (Wildman–Crippen MR) is 91.5 cm³/mol. The first-order valence-corrected chi connectivity index (χ1v) is 9.43. The van der Waals surface area contributed by atoms with Crippen molar-refractivity contribution in [2.24, 2.45) is 11.8 Å². The molecule has 0 aliphatic carbocycles. The van der Waals surface area contributed by atoms with Gasteiger partial charge in [0, 0.05) is 45.9 Å². The fourth-order valence-corrected chi connectivity index (χ4v) is 4.26. The van der Waals surface area contributed by atoms with Gasteiger partial charge < -0.3 is 14.5 Å². The second-order valence-corrected chi connectivity index (χ2v) is 7.85. The normalized spacial score (nSPS) is 32.2. The Morgan fingerprint density at radius 2 is 1.67 bits per heavy atom. The molecule has 3 heterocycles. The van der Waals surface area contributed by atoms with Crippen LogP contribution in [0.5, 0.6) is 0 Å². The van der Waals surface area contributed by atoms with Crippen molar-refractivity contribution in [1.82, 2.24) is 14.7 Å². The van der Waals surface area contributed by atoms with E-state index < -0.39 is 0 Å². The summed E-state index contributed by atoms with van der Waals surface area (Å²) in [6.07, 6.45) is 2.82. The third-order valence-corrected chi connectivity index (χ3v) is 5.47. The standard InChI is InChI=1S/C18H31N3O3/c1-14-10-15(2)12-21(11-14)17(22)13-19-5-7-20(8-6-19)18(23)16-4-3-9-24-16/h14-16H,3-13H2,1-2H3. The number of piperazine rings is 1. The Bertz CT molecular complexity index is 446. The molecule has 6 heteroatoms. The monoisotopic (exact) mass is 337 g/mol. The number of carbonyl (C=O) groups excluding carboxylic acids is 2. The maximum Gasteiger partial charge on any atom is 0.251 e. The van der Waals surface area contributed by atoms with Crippen LogP contribution in [0.2, 0.25) is 0 Å². The third kappa shape index (κ3) is 4.28. The number of piperidine rings is 1. The minimum atomic E-state index is -0.227. The van der Waals surface area contributed by atoms with Crippen molar-refractivity contribution in [3.63, 3.8) is 0 Å². The second kappa shape index (κ2) is 7.83. The summed E-state index contributed by atoms with van der Waals surface area (Å²) in [5.41, 5.74) is 0. The maximum absolute atomic E-state index is 12.6. The van der Waals surface area contributed by atoms with Crippen molar-refractivity contribution in [3.05, 3.63) is 0 Å². The van der Waals surface area contributed by atoms with Gasteiger partial charge in [-0.05, 0) is 31.1 Å². The lowest BCUT2D eigenvalue weighted by Gasteiger charge is -2.38. The van der Waals surface area contributed by atoms with Gasteiger partial charge in [0.25, 0.3) is 5.91 Å². The van der Waals surface area contributed by atoms with E-state index in [9.17, 15) is 9.59 Å². The van der Waals surface area contributed by atoms with Gasteiger partial charge in [-0.25, -0.2) is 0 Å². The van der Waals surface area contributed by atoms with Gasteiger partial charge in [0.1, 0.15) is 6.10 Å². The Balaban J connectivity index is 1.43. The Morgan fingerprint density at radius 3 is 2.25 bits per heavy atom. The SMILES string of the molecule is CC1CC(C)CN(C(=O)CN2CCN(C(=O)C3CCCO3)CC2)C1. The average Bonchev–Trinajstić information content (AvgIpc) is 3.08. The van der Waals surface area contributed by atoms with E-state index >= 15 is 0 Å². The highest BCUT2D eigenvalue weighted by Gasteiger charge is 2.31. The van der Waals surface area contributed by atoms with Crippen LogP contribution in [-0.2, 0) is 14.3 Å². The Labute approximate surface area is 145 Å². The Hall–Kier alpha value is -1.14. The first kappa shape index (κ1) is 17.7. The largest absolute Gasteiger partial charge is 0.368 e.